The number of rotatable bonds is 4. The van der Waals surface area contributed by atoms with Crippen LogP contribution in [0.5, 0.6) is 5.75 Å². The fraction of sp³-hybridized carbons (Fsp3) is 0.667. The molecule has 74 valence electrons. The van der Waals surface area contributed by atoms with Crippen molar-refractivity contribution in [1.29, 1.82) is 0 Å². The third-order valence-corrected chi connectivity index (χ3v) is 1.53. The molecular formula is C9H16N2O2. The summed E-state index contributed by atoms with van der Waals surface area (Å²) in [5, 5.41) is 13.4. The molecule has 0 atom stereocenters. The second kappa shape index (κ2) is 3.79. The SMILES string of the molecule is CCn1cc(OCC(C)(C)O)cn1. The summed E-state index contributed by atoms with van der Waals surface area (Å²) in [6.45, 7) is 6.52. The van der Waals surface area contributed by atoms with Gasteiger partial charge in [-0.25, -0.2) is 0 Å². The van der Waals surface area contributed by atoms with Gasteiger partial charge in [-0.2, -0.15) is 5.10 Å². The number of aliphatic hydroxyl groups is 1. The molecular weight excluding hydrogens is 168 g/mol. The molecule has 1 aromatic rings. The highest BCUT2D eigenvalue weighted by Gasteiger charge is 2.13. The summed E-state index contributed by atoms with van der Waals surface area (Å²) in [6.07, 6.45) is 3.46. The lowest BCUT2D eigenvalue weighted by atomic mass is 10.2. The summed E-state index contributed by atoms with van der Waals surface area (Å²) < 4.78 is 7.10. The first-order valence-corrected chi connectivity index (χ1v) is 4.39. The van der Waals surface area contributed by atoms with Crippen LogP contribution < -0.4 is 4.74 Å². The minimum atomic E-state index is -0.797. The van der Waals surface area contributed by atoms with E-state index in [-0.39, 0.29) is 6.61 Å². The van der Waals surface area contributed by atoms with Crippen LogP contribution >= 0.6 is 0 Å². The summed E-state index contributed by atoms with van der Waals surface area (Å²) in [6, 6.07) is 0. The van der Waals surface area contributed by atoms with Gasteiger partial charge in [-0.05, 0) is 20.8 Å². The standard InChI is InChI=1S/C9H16N2O2/c1-4-11-6-8(5-10-11)13-7-9(2,3)12/h5-6,12H,4,7H2,1-3H3. The molecule has 4 nitrogen and oxygen atoms in total. The fourth-order valence-corrected chi connectivity index (χ4v) is 0.852. The lowest BCUT2D eigenvalue weighted by Gasteiger charge is -2.16. The van der Waals surface area contributed by atoms with Crippen molar-refractivity contribution >= 4 is 0 Å². The van der Waals surface area contributed by atoms with E-state index in [9.17, 15) is 5.11 Å². The van der Waals surface area contributed by atoms with Crippen LogP contribution in [0, 0.1) is 0 Å². The minimum Gasteiger partial charge on any atom is -0.487 e. The van der Waals surface area contributed by atoms with Crippen molar-refractivity contribution < 1.29 is 9.84 Å². The molecule has 0 amide bonds. The van der Waals surface area contributed by atoms with E-state index in [4.69, 9.17) is 4.74 Å². The van der Waals surface area contributed by atoms with Crippen molar-refractivity contribution in [3.8, 4) is 5.75 Å². The van der Waals surface area contributed by atoms with Gasteiger partial charge in [0.1, 0.15) is 6.61 Å². The third-order valence-electron chi connectivity index (χ3n) is 1.53. The average Bonchev–Trinajstić information content (AvgIpc) is 2.47. The van der Waals surface area contributed by atoms with Crippen molar-refractivity contribution in [3.05, 3.63) is 12.4 Å². The van der Waals surface area contributed by atoms with E-state index in [2.05, 4.69) is 5.10 Å². The zero-order chi connectivity index (χ0) is 9.90. The molecule has 1 heterocycles. The maximum Gasteiger partial charge on any atom is 0.157 e. The highest BCUT2D eigenvalue weighted by Crippen LogP contribution is 2.11. The van der Waals surface area contributed by atoms with E-state index >= 15 is 0 Å². The summed E-state index contributed by atoms with van der Waals surface area (Å²) in [5.41, 5.74) is -0.797. The van der Waals surface area contributed by atoms with E-state index < -0.39 is 5.60 Å². The van der Waals surface area contributed by atoms with Gasteiger partial charge in [0.2, 0.25) is 0 Å². The van der Waals surface area contributed by atoms with Crippen LogP contribution in [0.4, 0.5) is 0 Å². The van der Waals surface area contributed by atoms with E-state index in [1.807, 2.05) is 13.1 Å². The zero-order valence-electron chi connectivity index (χ0n) is 8.32. The second-order valence-corrected chi connectivity index (χ2v) is 3.63. The molecule has 1 rings (SSSR count). The molecule has 0 bridgehead atoms. The Hall–Kier alpha value is -1.03. The Morgan fingerprint density at radius 1 is 1.62 bits per heavy atom. The fourth-order valence-electron chi connectivity index (χ4n) is 0.852. The van der Waals surface area contributed by atoms with Gasteiger partial charge in [0.05, 0.1) is 18.0 Å². The molecule has 0 unspecified atom stereocenters. The Kier molecular flexibility index (Phi) is 2.93. The van der Waals surface area contributed by atoms with Gasteiger partial charge in [0, 0.05) is 6.54 Å². The molecule has 0 spiro atoms. The first kappa shape index (κ1) is 10.1. The predicted molar refractivity (Wildman–Crippen MR) is 49.7 cm³/mol. The van der Waals surface area contributed by atoms with Gasteiger partial charge in [0.25, 0.3) is 0 Å². The Balaban J connectivity index is 2.46. The highest BCUT2D eigenvalue weighted by molar-refractivity contribution is 5.11. The van der Waals surface area contributed by atoms with Crippen molar-refractivity contribution in [2.45, 2.75) is 32.9 Å². The lowest BCUT2D eigenvalue weighted by Crippen LogP contribution is -2.27. The van der Waals surface area contributed by atoms with E-state index in [0.29, 0.717) is 5.75 Å². The Bertz CT molecular complexity index is 263. The molecule has 1 N–H and O–H groups in total. The number of hydrogen-bond donors (Lipinski definition) is 1. The van der Waals surface area contributed by atoms with Crippen LogP contribution in [-0.2, 0) is 6.54 Å². The van der Waals surface area contributed by atoms with E-state index in [0.717, 1.165) is 6.54 Å². The van der Waals surface area contributed by atoms with Gasteiger partial charge >= 0.3 is 0 Å². The molecule has 0 saturated carbocycles. The number of aromatic nitrogens is 2. The summed E-state index contributed by atoms with van der Waals surface area (Å²) in [7, 11) is 0. The predicted octanol–water partition coefficient (Wildman–Crippen LogP) is 1.05. The Labute approximate surface area is 78.1 Å². The lowest BCUT2D eigenvalue weighted by molar-refractivity contribution is 0.0284. The largest absolute Gasteiger partial charge is 0.487 e. The monoisotopic (exact) mass is 184 g/mol. The highest BCUT2D eigenvalue weighted by atomic mass is 16.5. The molecule has 0 radical (unpaired) electrons. The van der Waals surface area contributed by atoms with Gasteiger partial charge in [-0.3, -0.25) is 4.68 Å². The molecule has 1 aromatic heterocycles. The average molecular weight is 184 g/mol. The molecule has 0 aliphatic carbocycles. The quantitative estimate of drug-likeness (QED) is 0.761. The maximum atomic E-state index is 9.39. The first-order chi connectivity index (χ1) is 6.01. The molecule has 0 aliphatic rings. The molecule has 0 aliphatic heterocycles. The smallest absolute Gasteiger partial charge is 0.157 e. The molecule has 4 heteroatoms. The van der Waals surface area contributed by atoms with Crippen LogP contribution in [0.2, 0.25) is 0 Å². The Morgan fingerprint density at radius 3 is 2.77 bits per heavy atom. The number of ether oxygens (including phenoxy) is 1. The van der Waals surface area contributed by atoms with Crippen LogP contribution in [0.1, 0.15) is 20.8 Å². The van der Waals surface area contributed by atoms with Crippen LogP contribution in [-0.4, -0.2) is 27.1 Å². The van der Waals surface area contributed by atoms with Crippen molar-refractivity contribution in [2.24, 2.45) is 0 Å². The number of hydrogen-bond acceptors (Lipinski definition) is 3. The minimum absolute atomic E-state index is 0.280. The van der Waals surface area contributed by atoms with Crippen LogP contribution in [0.3, 0.4) is 0 Å². The van der Waals surface area contributed by atoms with Crippen molar-refractivity contribution in [2.75, 3.05) is 6.61 Å². The van der Waals surface area contributed by atoms with Gasteiger partial charge in [0.15, 0.2) is 5.75 Å². The van der Waals surface area contributed by atoms with Gasteiger partial charge in [-0.15, -0.1) is 0 Å². The molecule has 0 saturated heterocycles. The van der Waals surface area contributed by atoms with Gasteiger partial charge < -0.3 is 9.84 Å². The number of nitrogens with zero attached hydrogens (tertiary/aromatic N) is 2. The first-order valence-electron chi connectivity index (χ1n) is 4.39. The summed E-state index contributed by atoms with van der Waals surface area (Å²) in [4.78, 5) is 0. The second-order valence-electron chi connectivity index (χ2n) is 3.63. The van der Waals surface area contributed by atoms with Crippen molar-refractivity contribution in [1.82, 2.24) is 9.78 Å². The normalized spacial score (nSPS) is 11.7. The number of aryl methyl sites for hydroxylation is 1. The van der Waals surface area contributed by atoms with Crippen LogP contribution in [0.15, 0.2) is 12.4 Å². The third kappa shape index (κ3) is 3.46. The Morgan fingerprint density at radius 2 is 2.31 bits per heavy atom. The summed E-state index contributed by atoms with van der Waals surface area (Å²) in [5.74, 6) is 0.698. The molecule has 0 fully saturated rings. The zero-order valence-corrected chi connectivity index (χ0v) is 8.32. The van der Waals surface area contributed by atoms with Gasteiger partial charge in [-0.1, -0.05) is 0 Å². The molecule has 13 heavy (non-hydrogen) atoms. The van der Waals surface area contributed by atoms with E-state index in [1.54, 1.807) is 24.7 Å². The summed E-state index contributed by atoms with van der Waals surface area (Å²) >= 11 is 0. The molecule has 0 aromatic carbocycles. The van der Waals surface area contributed by atoms with Crippen molar-refractivity contribution in [3.63, 3.8) is 0 Å². The maximum absolute atomic E-state index is 9.39. The van der Waals surface area contributed by atoms with Crippen LogP contribution in [0.25, 0.3) is 0 Å². The topological polar surface area (TPSA) is 47.3 Å². The van der Waals surface area contributed by atoms with E-state index in [1.165, 1.54) is 0 Å².